The lowest BCUT2D eigenvalue weighted by molar-refractivity contribution is 0.783. The topological polar surface area (TPSA) is 12.0 Å². The van der Waals surface area contributed by atoms with E-state index in [2.05, 4.69) is 39.2 Å². The highest BCUT2D eigenvalue weighted by molar-refractivity contribution is 6.45. The van der Waals surface area contributed by atoms with Crippen molar-refractivity contribution < 1.29 is 0 Å². The van der Waals surface area contributed by atoms with Crippen LogP contribution in [0.15, 0.2) is 11.4 Å². The van der Waals surface area contributed by atoms with Crippen molar-refractivity contribution in [3.63, 3.8) is 0 Å². The van der Waals surface area contributed by atoms with E-state index in [4.69, 9.17) is 0 Å². The fourth-order valence-corrected chi connectivity index (χ4v) is 3.36. The Morgan fingerprint density at radius 1 is 1.38 bits per heavy atom. The van der Waals surface area contributed by atoms with Crippen LogP contribution in [0.25, 0.3) is 0 Å². The molecule has 0 aromatic heterocycles. The first-order chi connectivity index (χ1) is 6.22. The zero-order chi connectivity index (χ0) is 10.1. The van der Waals surface area contributed by atoms with Gasteiger partial charge in [-0.15, -0.1) is 0 Å². The Bertz CT molecular complexity index is 141. The van der Waals surface area contributed by atoms with Crippen LogP contribution in [0.3, 0.4) is 0 Å². The predicted octanol–water partition coefficient (Wildman–Crippen LogP) is 2.48. The molecule has 78 valence electrons. The van der Waals surface area contributed by atoms with Crippen LogP contribution in [0.1, 0.15) is 40.5 Å². The molecular weight excluding hydrogens is 174 g/mol. The van der Waals surface area contributed by atoms with E-state index in [1.165, 1.54) is 18.9 Å². The molecule has 0 saturated heterocycles. The van der Waals surface area contributed by atoms with Gasteiger partial charge in [0, 0.05) is 6.54 Å². The van der Waals surface area contributed by atoms with E-state index < -0.39 is 0 Å². The van der Waals surface area contributed by atoms with Gasteiger partial charge in [0.2, 0.25) is 0 Å². The Morgan fingerprint density at radius 3 is 2.54 bits per heavy atom. The number of nitrogens with one attached hydrogen (secondary N) is 1. The molecule has 1 nitrogen and oxygen atoms in total. The molecule has 0 radical (unpaired) electrons. The molecule has 0 unspecified atom stereocenters. The first-order valence-corrected chi connectivity index (χ1v) is 7.35. The number of rotatable bonds is 7. The van der Waals surface area contributed by atoms with E-state index in [0.717, 1.165) is 12.5 Å². The average Bonchev–Trinajstić information content (AvgIpc) is 2.10. The first kappa shape index (κ1) is 12.8. The lowest BCUT2D eigenvalue weighted by Gasteiger charge is -2.11. The Morgan fingerprint density at radius 2 is 2.08 bits per heavy atom. The number of unbranched alkanes of at least 4 members (excludes halogenated alkanes) is 1. The van der Waals surface area contributed by atoms with Crippen LogP contribution in [-0.2, 0) is 0 Å². The minimum absolute atomic E-state index is 0.0451. The van der Waals surface area contributed by atoms with Crippen molar-refractivity contribution in [2.24, 2.45) is 5.92 Å². The highest BCUT2D eigenvalue weighted by atomic mass is 28.2. The van der Waals surface area contributed by atoms with Crippen molar-refractivity contribution in [1.82, 2.24) is 5.32 Å². The molecule has 1 N–H and O–H groups in total. The summed E-state index contributed by atoms with van der Waals surface area (Å²) in [4.78, 5) is 0. The van der Waals surface area contributed by atoms with Gasteiger partial charge in [0.25, 0.3) is 0 Å². The summed E-state index contributed by atoms with van der Waals surface area (Å²) in [5.74, 6) is 0.752. The molecule has 0 amide bonds. The zero-order valence-corrected chi connectivity index (χ0v) is 11.1. The van der Waals surface area contributed by atoms with E-state index in [0.29, 0.717) is 0 Å². The van der Waals surface area contributed by atoms with Gasteiger partial charge in [0.1, 0.15) is 0 Å². The minimum Gasteiger partial charge on any atom is -0.392 e. The second-order valence-corrected chi connectivity index (χ2v) is 5.91. The largest absolute Gasteiger partial charge is 0.392 e. The highest BCUT2D eigenvalue weighted by Crippen LogP contribution is 2.09. The lowest BCUT2D eigenvalue weighted by Crippen LogP contribution is -2.11. The summed E-state index contributed by atoms with van der Waals surface area (Å²) in [6, 6.07) is 1.48. The molecule has 0 fully saturated rings. The van der Waals surface area contributed by atoms with E-state index >= 15 is 0 Å². The number of hydrogen-bond acceptors (Lipinski definition) is 1. The third-order valence-corrected chi connectivity index (χ3v) is 4.75. The Labute approximate surface area is 85.8 Å². The van der Waals surface area contributed by atoms with Gasteiger partial charge >= 0.3 is 0 Å². The monoisotopic (exact) mass is 199 g/mol. The molecule has 13 heavy (non-hydrogen) atoms. The minimum atomic E-state index is 0.0451. The van der Waals surface area contributed by atoms with Gasteiger partial charge in [-0.05, 0) is 19.0 Å². The van der Waals surface area contributed by atoms with E-state index in [9.17, 15) is 0 Å². The third-order valence-electron chi connectivity index (χ3n) is 2.30. The van der Waals surface area contributed by atoms with Crippen molar-refractivity contribution in [3.8, 4) is 0 Å². The summed E-state index contributed by atoms with van der Waals surface area (Å²) < 4.78 is 0. The molecule has 0 atom stereocenters. The van der Waals surface area contributed by atoms with Gasteiger partial charge in [0.15, 0.2) is 0 Å². The fourth-order valence-electron chi connectivity index (χ4n) is 1.34. The molecule has 0 aliphatic carbocycles. The van der Waals surface area contributed by atoms with Crippen molar-refractivity contribution in [1.29, 1.82) is 0 Å². The molecule has 0 saturated carbocycles. The maximum absolute atomic E-state index is 3.33. The molecule has 0 aromatic rings. The van der Waals surface area contributed by atoms with Crippen LogP contribution < -0.4 is 5.32 Å². The first-order valence-electron chi connectivity index (χ1n) is 5.64. The molecule has 0 spiro atoms. The molecule has 2 heteroatoms. The summed E-state index contributed by atoms with van der Waals surface area (Å²) in [5, 5.41) is 5.03. The SMILES string of the molecule is CCCC[SiH2]C(=CNCC)C(C)C. The molecule has 0 heterocycles. The maximum Gasteiger partial charge on any atom is 0.0518 e. The van der Waals surface area contributed by atoms with Gasteiger partial charge < -0.3 is 5.32 Å². The standard InChI is InChI=1S/C11H25NSi/c1-5-7-8-13-11(10(3)4)9-12-6-2/h9-10,12H,5-8,13H2,1-4H3. The molecule has 0 bridgehead atoms. The molecular formula is C11H25NSi. The van der Waals surface area contributed by atoms with Crippen LogP contribution >= 0.6 is 0 Å². The van der Waals surface area contributed by atoms with Crippen molar-refractivity contribution in [3.05, 3.63) is 11.4 Å². The average molecular weight is 199 g/mol. The van der Waals surface area contributed by atoms with Crippen LogP contribution in [0, 0.1) is 5.92 Å². The Hall–Kier alpha value is -0.243. The Kier molecular flexibility index (Phi) is 8.20. The summed E-state index contributed by atoms with van der Waals surface area (Å²) in [6.07, 6.45) is 5.04. The smallest absolute Gasteiger partial charge is 0.0518 e. The zero-order valence-electron chi connectivity index (χ0n) is 9.69. The number of hydrogen-bond donors (Lipinski definition) is 1. The van der Waals surface area contributed by atoms with Crippen LogP contribution in [0.2, 0.25) is 6.04 Å². The van der Waals surface area contributed by atoms with Gasteiger partial charge in [-0.25, -0.2) is 0 Å². The third kappa shape index (κ3) is 6.88. The summed E-state index contributed by atoms with van der Waals surface area (Å²) >= 11 is 0. The second kappa shape index (κ2) is 8.36. The molecule has 0 aromatic carbocycles. The molecule has 0 rings (SSSR count). The molecule has 0 aliphatic heterocycles. The quantitative estimate of drug-likeness (QED) is 0.491. The van der Waals surface area contributed by atoms with Gasteiger partial charge in [-0.2, -0.15) is 0 Å². The normalized spacial score (nSPS) is 13.2. The van der Waals surface area contributed by atoms with E-state index in [1.807, 2.05) is 0 Å². The summed E-state index contributed by atoms with van der Waals surface area (Å²) in [5.41, 5.74) is 0. The van der Waals surface area contributed by atoms with Crippen LogP contribution in [-0.4, -0.2) is 16.1 Å². The maximum atomic E-state index is 3.33. The highest BCUT2D eigenvalue weighted by Gasteiger charge is 2.02. The van der Waals surface area contributed by atoms with E-state index in [-0.39, 0.29) is 9.52 Å². The van der Waals surface area contributed by atoms with Crippen molar-refractivity contribution in [2.45, 2.75) is 46.6 Å². The molecule has 0 aliphatic rings. The Balaban J connectivity index is 3.80. The van der Waals surface area contributed by atoms with Gasteiger partial charge in [-0.1, -0.05) is 44.9 Å². The second-order valence-electron chi connectivity index (χ2n) is 3.89. The summed E-state index contributed by atoms with van der Waals surface area (Å²) in [7, 11) is 0.0451. The predicted molar refractivity (Wildman–Crippen MR) is 64.9 cm³/mol. The van der Waals surface area contributed by atoms with Gasteiger partial charge in [-0.3, -0.25) is 0 Å². The van der Waals surface area contributed by atoms with Crippen LogP contribution in [0.5, 0.6) is 0 Å². The lowest BCUT2D eigenvalue weighted by atomic mass is 10.2. The van der Waals surface area contributed by atoms with Crippen molar-refractivity contribution >= 4 is 9.52 Å². The van der Waals surface area contributed by atoms with Gasteiger partial charge in [0.05, 0.1) is 9.52 Å². The number of allylic oxidation sites excluding steroid dienone is 1. The van der Waals surface area contributed by atoms with Crippen LogP contribution in [0.4, 0.5) is 0 Å². The van der Waals surface area contributed by atoms with Crippen molar-refractivity contribution in [2.75, 3.05) is 6.54 Å². The summed E-state index contributed by atoms with van der Waals surface area (Å²) in [6.45, 7) is 10.1. The van der Waals surface area contributed by atoms with E-state index in [1.54, 1.807) is 5.20 Å². The fraction of sp³-hybridized carbons (Fsp3) is 0.818.